The summed E-state index contributed by atoms with van der Waals surface area (Å²) < 4.78 is 7.12. The van der Waals surface area contributed by atoms with Crippen molar-refractivity contribution < 1.29 is 9.84 Å². The molecule has 6 heteroatoms. The van der Waals surface area contributed by atoms with E-state index in [1.807, 2.05) is 36.0 Å². The average Bonchev–Trinajstić information content (AvgIpc) is 2.93. The van der Waals surface area contributed by atoms with Gasteiger partial charge in [0.1, 0.15) is 0 Å². The van der Waals surface area contributed by atoms with Crippen molar-refractivity contribution in [3.05, 3.63) is 41.5 Å². The van der Waals surface area contributed by atoms with E-state index in [0.29, 0.717) is 32.5 Å². The zero-order valence-electron chi connectivity index (χ0n) is 12.9. The van der Waals surface area contributed by atoms with Gasteiger partial charge in [-0.05, 0) is 31.9 Å². The van der Waals surface area contributed by atoms with Gasteiger partial charge in [0.05, 0.1) is 11.3 Å². The molecule has 0 amide bonds. The fraction of sp³-hybridized carbons (Fsp3) is 0.562. The van der Waals surface area contributed by atoms with Crippen LogP contribution in [0.5, 0.6) is 0 Å². The van der Waals surface area contributed by atoms with E-state index in [1.54, 1.807) is 0 Å². The first kappa shape index (κ1) is 15.1. The monoisotopic (exact) mass is 302 g/mol. The molecule has 0 saturated carbocycles. The van der Waals surface area contributed by atoms with Gasteiger partial charge in [0.15, 0.2) is 0 Å². The number of aliphatic hydroxyl groups is 1. The van der Waals surface area contributed by atoms with Gasteiger partial charge in [-0.15, -0.1) is 5.10 Å². The molecule has 118 valence electrons. The van der Waals surface area contributed by atoms with Crippen molar-refractivity contribution in [2.45, 2.75) is 44.8 Å². The summed E-state index contributed by atoms with van der Waals surface area (Å²) in [6.45, 7) is 3.96. The number of ether oxygens (including phenoxy) is 1. The predicted molar refractivity (Wildman–Crippen MR) is 81.4 cm³/mol. The lowest BCUT2D eigenvalue weighted by molar-refractivity contribution is -0.0630. The number of rotatable bonds is 5. The largest absolute Gasteiger partial charge is 0.389 e. The normalized spacial score (nSPS) is 17.5. The van der Waals surface area contributed by atoms with Gasteiger partial charge < -0.3 is 9.84 Å². The van der Waals surface area contributed by atoms with Crippen molar-refractivity contribution in [1.29, 1.82) is 0 Å². The van der Waals surface area contributed by atoms with E-state index in [0.717, 1.165) is 30.0 Å². The summed E-state index contributed by atoms with van der Waals surface area (Å²) in [5.74, 6) is 0. The van der Waals surface area contributed by atoms with Gasteiger partial charge in [0, 0.05) is 50.2 Å². The maximum Gasteiger partial charge on any atom is 0.0855 e. The van der Waals surface area contributed by atoms with E-state index in [9.17, 15) is 5.11 Å². The average molecular weight is 302 g/mol. The zero-order valence-corrected chi connectivity index (χ0v) is 12.9. The number of pyridine rings is 1. The summed E-state index contributed by atoms with van der Waals surface area (Å²) in [5.41, 5.74) is 2.22. The molecular formula is C16H22N4O2. The summed E-state index contributed by atoms with van der Waals surface area (Å²) in [6, 6.07) is 6.03. The third-order valence-electron chi connectivity index (χ3n) is 4.06. The van der Waals surface area contributed by atoms with Crippen LogP contribution >= 0.6 is 0 Å². The van der Waals surface area contributed by atoms with E-state index in [2.05, 4.69) is 15.3 Å². The van der Waals surface area contributed by atoms with Crippen LogP contribution in [0.1, 0.15) is 29.9 Å². The Labute approximate surface area is 130 Å². The highest BCUT2D eigenvalue weighted by Crippen LogP contribution is 2.24. The van der Waals surface area contributed by atoms with Crippen LogP contribution in [0.3, 0.4) is 0 Å². The molecule has 22 heavy (non-hydrogen) atoms. The van der Waals surface area contributed by atoms with Gasteiger partial charge in [0.25, 0.3) is 0 Å². The summed E-state index contributed by atoms with van der Waals surface area (Å²) in [5, 5.41) is 18.8. The number of hydrogen-bond donors (Lipinski definition) is 1. The molecule has 1 fully saturated rings. The van der Waals surface area contributed by atoms with Crippen molar-refractivity contribution in [1.82, 2.24) is 20.0 Å². The predicted octanol–water partition coefficient (Wildman–Crippen LogP) is 1.31. The Morgan fingerprint density at radius 1 is 1.27 bits per heavy atom. The van der Waals surface area contributed by atoms with Crippen LogP contribution in [0.25, 0.3) is 0 Å². The van der Waals surface area contributed by atoms with Gasteiger partial charge in [-0.25, -0.2) is 0 Å². The van der Waals surface area contributed by atoms with E-state index in [-0.39, 0.29) is 0 Å². The minimum Gasteiger partial charge on any atom is -0.389 e. The lowest BCUT2D eigenvalue weighted by atomic mass is 9.90. The molecular weight excluding hydrogens is 280 g/mol. The van der Waals surface area contributed by atoms with Crippen LogP contribution in [-0.4, -0.2) is 43.9 Å². The van der Waals surface area contributed by atoms with E-state index >= 15 is 0 Å². The second-order valence-electron chi connectivity index (χ2n) is 6.01. The molecule has 0 radical (unpaired) electrons. The number of nitrogens with zero attached hydrogens (tertiary/aromatic N) is 4. The first-order chi connectivity index (χ1) is 10.6. The number of aryl methyl sites for hydroxylation is 3. The lowest BCUT2D eigenvalue weighted by Gasteiger charge is -2.31. The fourth-order valence-electron chi connectivity index (χ4n) is 2.76. The molecule has 1 aliphatic rings. The molecule has 1 aliphatic heterocycles. The SMILES string of the molecule is Cc1cccc(CCn2cc(CC3(O)CCOCC3)nn2)n1. The summed E-state index contributed by atoms with van der Waals surface area (Å²) in [6.07, 6.45) is 4.60. The number of hydrogen-bond acceptors (Lipinski definition) is 5. The second-order valence-corrected chi connectivity index (χ2v) is 6.01. The minimum absolute atomic E-state index is 0.541. The maximum atomic E-state index is 10.5. The fourth-order valence-corrected chi connectivity index (χ4v) is 2.76. The molecule has 3 rings (SSSR count). The third-order valence-corrected chi connectivity index (χ3v) is 4.06. The van der Waals surface area contributed by atoms with Crippen molar-refractivity contribution in [3.8, 4) is 0 Å². The number of aromatic nitrogens is 4. The minimum atomic E-state index is -0.697. The smallest absolute Gasteiger partial charge is 0.0855 e. The molecule has 1 saturated heterocycles. The summed E-state index contributed by atoms with van der Waals surface area (Å²) in [7, 11) is 0. The topological polar surface area (TPSA) is 73.1 Å². The van der Waals surface area contributed by atoms with Crippen LogP contribution < -0.4 is 0 Å². The molecule has 0 atom stereocenters. The second kappa shape index (κ2) is 6.54. The van der Waals surface area contributed by atoms with Gasteiger partial charge in [0.2, 0.25) is 0 Å². The Kier molecular flexibility index (Phi) is 4.49. The van der Waals surface area contributed by atoms with Crippen LogP contribution in [0.15, 0.2) is 24.4 Å². The van der Waals surface area contributed by atoms with Crippen molar-refractivity contribution in [2.75, 3.05) is 13.2 Å². The van der Waals surface area contributed by atoms with E-state index in [1.165, 1.54) is 0 Å². The molecule has 3 heterocycles. The molecule has 0 bridgehead atoms. The summed E-state index contributed by atoms with van der Waals surface area (Å²) in [4.78, 5) is 4.48. The third kappa shape index (κ3) is 3.90. The zero-order chi connectivity index (χ0) is 15.4. The first-order valence-corrected chi connectivity index (χ1v) is 7.75. The Hall–Kier alpha value is -1.79. The van der Waals surface area contributed by atoms with Crippen LogP contribution in [0.2, 0.25) is 0 Å². The molecule has 6 nitrogen and oxygen atoms in total. The van der Waals surface area contributed by atoms with Gasteiger partial charge >= 0.3 is 0 Å². The van der Waals surface area contributed by atoms with Crippen LogP contribution in [-0.2, 0) is 24.1 Å². The molecule has 1 N–H and O–H groups in total. The quantitative estimate of drug-likeness (QED) is 0.901. The van der Waals surface area contributed by atoms with Gasteiger partial charge in [-0.2, -0.15) is 0 Å². The highest BCUT2D eigenvalue weighted by atomic mass is 16.5. The Morgan fingerprint density at radius 2 is 2.09 bits per heavy atom. The van der Waals surface area contributed by atoms with Gasteiger partial charge in [-0.1, -0.05) is 11.3 Å². The lowest BCUT2D eigenvalue weighted by Crippen LogP contribution is -2.38. The Morgan fingerprint density at radius 3 is 2.86 bits per heavy atom. The first-order valence-electron chi connectivity index (χ1n) is 7.75. The molecule has 0 unspecified atom stereocenters. The molecule has 2 aromatic rings. The maximum absolute atomic E-state index is 10.5. The summed E-state index contributed by atoms with van der Waals surface area (Å²) >= 11 is 0. The highest BCUT2D eigenvalue weighted by molar-refractivity contribution is 5.10. The van der Waals surface area contributed by atoms with E-state index < -0.39 is 5.60 Å². The molecule has 2 aromatic heterocycles. The van der Waals surface area contributed by atoms with E-state index in [4.69, 9.17) is 4.74 Å². The van der Waals surface area contributed by atoms with Crippen molar-refractivity contribution in [2.24, 2.45) is 0 Å². The molecule has 0 aliphatic carbocycles. The van der Waals surface area contributed by atoms with Gasteiger partial charge in [-0.3, -0.25) is 9.67 Å². The van der Waals surface area contributed by atoms with Crippen LogP contribution in [0, 0.1) is 6.92 Å². The standard InChI is InChI=1S/C16H22N4O2/c1-13-3-2-4-14(17-13)5-8-20-12-15(18-19-20)11-16(21)6-9-22-10-7-16/h2-4,12,21H,5-11H2,1H3. The van der Waals surface area contributed by atoms with Crippen molar-refractivity contribution >= 4 is 0 Å². The van der Waals surface area contributed by atoms with Crippen LogP contribution in [0.4, 0.5) is 0 Å². The highest BCUT2D eigenvalue weighted by Gasteiger charge is 2.30. The Bertz CT molecular complexity index is 620. The Balaban J connectivity index is 1.57. The van der Waals surface area contributed by atoms with Crippen molar-refractivity contribution in [3.63, 3.8) is 0 Å². The molecule has 0 spiro atoms. The molecule has 0 aromatic carbocycles.